The summed E-state index contributed by atoms with van der Waals surface area (Å²) in [6.45, 7) is 2.18. The first-order valence-corrected chi connectivity index (χ1v) is 9.33. The first-order valence-electron chi connectivity index (χ1n) is 9.33. The van der Waals surface area contributed by atoms with Crippen LogP contribution in [0.4, 0.5) is 15.9 Å². The van der Waals surface area contributed by atoms with Gasteiger partial charge in [-0.2, -0.15) is 0 Å². The molecule has 2 aromatic carbocycles. The molecule has 0 bridgehead atoms. The van der Waals surface area contributed by atoms with E-state index in [2.05, 4.69) is 25.8 Å². The molecule has 2 N–H and O–H groups in total. The van der Waals surface area contributed by atoms with E-state index in [1.807, 2.05) is 31.2 Å². The molecule has 0 saturated carbocycles. The summed E-state index contributed by atoms with van der Waals surface area (Å²) in [4.78, 5) is 16.3. The number of aromatic nitrogens is 4. The molecule has 0 fully saturated rings. The fraction of sp³-hybridized carbons (Fsp3) is 0.0909. The van der Waals surface area contributed by atoms with Crippen molar-refractivity contribution in [2.75, 3.05) is 10.6 Å². The van der Waals surface area contributed by atoms with E-state index in [4.69, 9.17) is 0 Å². The van der Waals surface area contributed by atoms with Crippen molar-refractivity contribution in [1.82, 2.24) is 19.7 Å². The molecule has 0 aliphatic rings. The standard InChI is InChI=1S/C22H19FN6O/c1-15-24-11-12-29(15)20-9-7-16(13-18(20)23)14-25-21-10-8-19(27-28-21)22(30)26-17-5-3-2-4-6-17/h2-13H,14H2,1H3,(H,25,28)(H,26,30). The number of anilines is 2. The topological polar surface area (TPSA) is 84.7 Å². The van der Waals surface area contributed by atoms with Gasteiger partial charge in [0, 0.05) is 24.6 Å². The van der Waals surface area contributed by atoms with Crippen LogP contribution >= 0.6 is 0 Å². The number of aryl methyl sites for hydroxylation is 1. The maximum Gasteiger partial charge on any atom is 0.276 e. The number of nitrogens with one attached hydrogen (secondary N) is 2. The van der Waals surface area contributed by atoms with Crippen LogP contribution in [0.15, 0.2) is 73.1 Å². The molecule has 0 unspecified atom stereocenters. The number of nitrogens with zero attached hydrogens (tertiary/aromatic N) is 4. The SMILES string of the molecule is Cc1nccn1-c1ccc(CNc2ccc(C(=O)Nc3ccccc3)nn2)cc1F. The van der Waals surface area contributed by atoms with Crippen LogP contribution in [-0.2, 0) is 6.54 Å². The van der Waals surface area contributed by atoms with Gasteiger partial charge < -0.3 is 15.2 Å². The summed E-state index contributed by atoms with van der Waals surface area (Å²) < 4.78 is 16.2. The Balaban J connectivity index is 1.38. The number of carbonyl (C=O) groups excluding carboxylic acids is 1. The normalized spacial score (nSPS) is 10.6. The van der Waals surface area contributed by atoms with Gasteiger partial charge in [0.2, 0.25) is 0 Å². The highest BCUT2D eigenvalue weighted by molar-refractivity contribution is 6.02. The Morgan fingerprint density at radius 2 is 1.90 bits per heavy atom. The number of amides is 1. The van der Waals surface area contributed by atoms with Gasteiger partial charge in [-0.3, -0.25) is 4.79 Å². The third kappa shape index (κ3) is 4.33. The smallest absolute Gasteiger partial charge is 0.276 e. The van der Waals surface area contributed by atoms with Gasteiger partial charge in [0.25, 0.3) is 5.91 Å². The summed E-state index contributed by atoms with van der Waals surface area (Å²) in [5.74, 6) is 0.523. The predicted octanol–water partition coefficient (Wildman–Crippen LogP) is 3.97. The molecule has 150 valence electrons. The van der Waals surface area contributed by atoms with Gasteiger partial charge in [0.05, 0.1) is 5.69 Å². The number of halogens is 1. The van der Waals surface area contributed by atoms with Crippen molar-refractivity contribution in [2.24, 2.45) is 0 Å². The van der Waals surface area contributed by atoms with E-state index in [9.17, 15) is 9.18 Å². The van der Waals surface area contributed by atoms with E-state index >= 15 is 0 Å². The molecule has 0 spiro atoms. The Morgan fingerprint density at radius 3 is 2.57 bits per heavy atom. The van der Waals surface area contributed by atoms with Gasteiger partial charge in [0.15, 0.2) is 5.69 Å². The van der Waals surface area contributed by atoms with Crippen LogP contribution in [0.1, 0.15) is 21.9 Å². The molecule has 4 aromatic rings. The van der Waals surface area contributed by atoms with Gasteiger partial charge in [0.1, 0.15) is 17.5 Å². The molecule has 2 heterocycles. The van der Waals surface area contributed by atoms with E-state index < -0.39 is 0 Å². The second-order valence-corrected chi connectivity index (χ2v) is 6.61. The van der Waals surface area contributed by atoms with Crippen molar-refractivity contribution in [2.45, 2.75) is 13.5 Å². The highest BCUT2D eigenvalue weighted by Crippen LogP contribution is 2.17. The quantitative estimate of drug-likeness (QED) is 0.510. The highest BCUT2D eigenvalue weighted by Gasteiger charge is 2.10. The van der Waals surface area contributed by atoms with Gasteiger partial charge in [-0.1, -0.05) is 24.3 Å². The van der Waals surface area contributed by atoms with Crippen LogP contribution in [0.25, 0.3) is 5.69 Å². The summed E-state index contributed by atoms with van der Waals surface area (Å²) in [5.41, 5.74) is 2.09. The second kappa shape index (κ2) is 8.52. The maximum atomic E-state index is 14.5. The third-order valence-corrected chi connectivity index (χ3v) is 4.50. The molecule has 4 rings (SSSR count). The number of carbonyl (C=O) groups is 1. The third-order valence-electron chi connectivity index (χ3n) is 4.50. The largest absolute Gasteiger partial charge is 0.365 e. The zero-order chi connectivity index (χ0) is 20.9. The van der Waals surface area contributed by atoms with E-state index in [0.29, 0.717) is 29.6 Å². The molecular weight excluding hydrogens is 383 g/mol. The molecule has 0 saturated heterocycles. The van der Waals surface area contributed by atoms with Crippen molar-refractivity contribution < 1.29 is 9.18 Å². The van der Waals surface area contributed by atoms with Crippen molar-refractivity contribution in [3.05, 3.63) is 96.0 Å². The zero-order valence-corrected chi connectivity index (χ0v) is 16.2. The molecule has 0 aliphatic carbocycles. The number of rotatable bonds is 6. The minimum Gasteiger partial charge on any atom is -0.365 e. The van der Waals surface area contributed by atoms with Gasteiger partial charge in [-0.05, 0) is 48.9 Å². The fourth-order valence-electron chi connectivity index (χ4n) is 2.95. The number of hydrogen-bond acceptors (Lipinski definition) is 5. The monoisotopic (exact) mass is 402 g/mol. The van der Waals surface area contributed by atoms with E-state index in [1.54, 1.807) is 47.3 Å². The molecule has 2 aromatic heterocycles. The Kier molecular flexibility index (Phi) is 5.47. The second-order valence-electron chi connectivity index (χ2n) is 6.61. The molecule has 0 radical (unpaired) electrons. The molecular formula is C22H19FN6O. The van der Waals surface area contributed by atoms with Crippen molar-refractivity contribution in [3.8, 4) is 5.69 Å². The Morgan fingerprint density at radius 1 is 1.07 bits per heavy atom. The van der Waals surface area contributed by atoms with Crippen molar-refractivity contribution in [3.63, 3.8) is 0 Å². The summed E-state index contributed by atoms with van der Waals surface area (Å²) in [5, 5.41) is 13.8. The average Bonchev–Trinajstić information content (AvgIpc) is 3.19. The Labute approximate surface area is 172 Å². The fourth-order valence-corrected chi connectivity index (χ4v) is 2.95. The van der Waals surface area contributed by atoms with E-state index in [1.165, 1.54) is 6.07 Å². The molecule has 0 atom stereocenters. The van der Waals surface area contributed by atoms with Crippen molar-refractivity contribution in [1.29, 1.82) is 0 Å². The minimum absolute atomic E-state index is 0.204. The molecule has 8 heteroatoms. The number of imidazole rings is 1. The highest BCUT2D eigenvalue weighted by atomic mass is 19.1. The van der Waals surface area contributed by atoms with Crippen LogP contribution in [0, 0.1) is 12.7 Å². The minimum atomic E-state index is -0.340. The number of para-hydroxylation sites is 1. The maximum absolute atomic E-state index is 14.5. The zero-order valence-electron chi connectivity index (χ0n) is 16.2. The van der Waals surface area contributed by atoms with Crippen LogP contribution in [0.3, 0.4) is 0 Å². The van der Waals surface area contributed by atoms with E-state index in [0.717, 1.165) is 5.56 Å². The lowest BCUT2D eigenvalue weighted by molar-refractivity contribution is 0.102. The average molecular weight is 402 g/mol. The van der Waals surface area contributed by atoms with Crippen LogP contribution in [-0.4, -0.2) is 25.7 Å². The summed E-state index contributed by atoms with van der Waals surface area (Å²) in [6, 6.07) is 17.4. The van der Waals surface area contributed by atoms with Gasteiger partial charge >= 0.3 is 0 Å². The van der Waals surface area contributed by atoms with Gasteiger partial charge in [-0.15, -0.1) is 10.2 Å². The molecule has 7 nitrogen and oxygen atoms in total. The number of benzene rings is 2. The lowest BCUT2D eigenvalue weighted by Crippen LogP contribution is -2.14. The molecule has 30 heavy (non-hydrogen) atoms. The first-order chi connectivity index (χ1) is 14.6. The predicted molar refractivity (Wildman–Crippen MR) is 112 cm³/mol. The molecule has 0 aliphatic heterocycles. The van der Waals surface area contributed by atoms with Crippen LogP contribution in [0.2, 0.25) is 0 Å². The Bertz CT molecular complexity index is 1160. The lowest BCUT2D eigenvalue weighted by atomic mass is 10.2. The summed E-state index contributed by atoms with van der Waals surface area (Å²) >= 11 is 0. The lowest BCUT2D eigenvalue weighted by Gasteiger charge is -2.10. The first kappa shape index (κ1) is 19.3. The number of hydrogen-bond donors (Lipinski definition) is 2. The van der Waals surface area contributed by atoms with E-state index in [-0.39, 0.29) is 17.4 Å². The van der Waals surface area contributed by atoms with Crippen molar-refractivity contribution >= 4 is 17.4 Å². The summed E-state index contributed by atoms with van der Waals surface area (Å²) in [7, 11) is 0. The van der Waals surface area contributed by atoms with Crippen LogP contribution in [0.5, 0.6) is 0 Å². The summed E-state index contributed by atoms with van der Waals surface area (Å²) in [6.07, 6.45) is 3.35. The van der Waals surface area contributed by atoms with Gasteiger partial charge in [-0.25, -0.2) is 9.37 Å². The molecule has 1 amide bonds. The van der Waals surface area contributed by atoms with Crippen LogP contribution < -0.4 is 10.6 Å². The Hall–Kier alpha value is -4.07.